The predicted octanol–water partition coefficient (Wildman–Crippen LogP) is 3.50. The van der Waals surface area contributed by atoms with Gasteiger partial charge in [0.15, 0.2) is 5.96 Å². The molecule has 0 aliphatic carbocycles. The van der Waals surface area contributed by atoms with Crippen molar-refractivity contribution < 1.29 is 23.0 Å². The summed E-state index contributed by atoms with van der Waals surface area (Å²) in [5.41, 5.74) is -0.375. The van der Waals surface area contributed by atoms with Crippen molar-refractivity contribution in [1.29, 1.82) is 0 Å². The molecule has 3 N–H and O–H groups in total. The Bertz CT molecular complexity index is 725. The Kier molecular flexibility index (Phi) is 10.2. The van der Waals surface area contributed by atoms with Crippen molar-refractivity contribution in [3.8, 4) is 5.75 Å². The minimum atomic E-state index is -2.52. The van der Waals surface area contributed by atoms with Crippen LogP contribution in [-0.4, -0.2) is 37.2 Å². The van der Waals surface area contributed by atoms with E-state index in [9.17, 15) is 13.9 Å². The van der Waals surface area contributed by atoms with Crippen LogP contribution in [0.5, 0.6) is 5.75 Å². The Morgan fingerprint density at radius 1 is 1.29 bits per heavy atom. The smallest absolute Gasteiger partial charge is 0.272 e. The Morgan fingerprint density at radius 3 is 2.71 bits per heavy atom. The summed E-state index contributed by atoms with van der Waals surface area (Å²) in [5.74, 6) is 1.35. The van der Waals surface area contributed by atoms with E-state index in [1.165, 1.54) is 6.26 Å². The molecule has 0 spiro atoms. The summed E-state index contributed by atoms with van der Waals surface area (Å²) < 4.78 is 34.8. The van der Waals surface area contributed by atoms with Crippen molar-refractivity contribution >= 4 is 29.9 Å². The van der Waals surface area contributed by atoms with Crippen LogP contribution >= 0.6 is 24.0 Å². The number of aliphatic imine (C=N–C) groups is 1. The zero-order valence-electron chi connectivity index (χ0n) is 15.8. The third-order valence-corrected chi connectivity index (χ3v) is 3.69. The topological polar surface area (TPSA) is 79.0 Å². The van der Waals surface area contributed by atoms with Crippen molar-refractivity contribution in [3.05, 3.63) is 54.0 Å². The molecule has 1 aromatic carbocycles. The zero-order chi connectivity index (χ0) is 19.7. The fraction of sp³-hybridized carbons (Fsp3) is 0.421. The number of furan rings is 1. The van der Waals surface area contributed by atoms with Crippen molar-refractivity contribution in [2.24, 2.45) is 4.99 Å². The van der Waals surface area contributed by atoms with E-state index in [0.29, 0.717) is 30.6 Å². The van der Waals surface area contributed by atoms with Crippen LogP contribution in [-0.2, 0) is 12.1 Å². The Labute approximate surface area is 180 Å². The number of ether oxygens (including phenoxy) is 1. The molecular formula is C19H26F2IN3O3. The molecule has 2 aromatic rings. The minimum absolute atomic E-state index is 0. The van der Waals surface area contributed by atoms with Gasteiger partial charge < -0.3 is 24.9 Å². The molecule has 0 aliphatic heterocycles. The van der Waals surface area contributed by atoms with Crippen molar-refractivity contribution in [3.63, 3.8) is 0 Å². The first kappa shape index (κ1) is 24.2. The van der Waals surface area contributed by atoms with Crippen molar-refractivity contribution in [1.82, 2.24) is 10.6 Å². The highest BCUT2D eigenvalue weighted by atomic mass is 127. The van der Waals surface area contributed by atoms with Gasteiger partial charge in [-0.05, 0) is 43.7 Å². The number of hydrogen-bond donors (Lipinski definition) is 3. The van der Waals surface area contributed by atoms with Gasteiger partial charge in [-0.3, -0.25) is 0 Å². The molecular weight excluding hydrogens is 483 g/mol. The summed E-state index contributed by atoms with van der Waals surface area (Å²) in [6, 6.07) is 10.3. The SMILES string of the molecule is CCNC(=NCc1cccc(OCC(F)F)c1)NCC(C)(O)c1ccco1.I. The first-order chi connectivity index (χ1) is 12.9. The number of nitrogens with zero attached hydrogens (tertiary/aromatic N) is 1. The zero-order valence-corrected chi connectivity index (χ0v) is 18.2. The predicted molar refractivity (Wildman–Crippen MR) is 114 cm³/mol. The average Bonchev–Trinajstić information content (AvgIpc) is 3.18. The molecule has 6 nitrogen and oxygen atoms in total. The average molecular weight is 509 g/mol. The van der Waals surface area contributed by atoms with Crippen LogP contribution in [0.4, 0.5) is 8.78 Å². The second-order valence-electron chi connectivity index (χ2n) is 6.15. The van der Waals surface area contributed by atoms with Gasteiger partial charge in [0.05, 0.1) is 19.4 Å². The molecule has 0 saturated carbocycles. The maximum absolute atomic E-state index is 12.3. The molecule has 9 heteroatoms. The van der Waals surface area contributed by atoms with E-state index >= 15 is 0 Å². The summed E-state index contributed by atoms with van der Waals surface area (Å²) in [5, 5.41) is 16.7. The molecule has 0 radical (unpaired) electrons. The molecule has 1 heterocycles. The lowest BCUT2D eigenvalue weighted by Crippen LogP contribution is -2.44. The van der Waals surface area contributed by atoms with Gasteiger partial charge in [-0.15, -0.1) is 24.0 Å². The first-order valence-corrected chi connectivity index (χ1v) is 8.69. The standard InChI is InChI=1S/C19H25F2N3O3.HI/c1-3-22-18(24-13-19(2,25)16-8-5-9-26-16)23-11-14-6-4-7-15(10-14)27-12-17(20)21;/h4-10,17,25H,3,11-13H2,1-2H3,(H2,22,23,24);1H. The third-order valence-electron chi connectivity index (χ3n) is 3.69. The van der Waals surface area contributed by atoms with Crippen LogP contribution in [0.15, 0.2) is 52.1 Å². The van der Waals surface area contributed by atoms with E-state index in [4.69, 9.17) is 9.15 Å². The van der Waals surface area contributed by atoms with Crippen LogP contribution in [0.1, 0.15) is 25.2 Å². The largest absolute Gasteiger partial charge is 0.488 e. The maximum Gasteiger partial charge on any atom is 0.272 e. The Hall–Kier alpha value is -1.88. The van der Waals surface area contributed by atoms with Gasteiger partial charge in [0.2, 0.25) is 0 Å². The summed E-state index contributed by atoms with van der Waals surface area (Å²) in [7, 11) is 0. The highest BCUT2D eigenvalue weighted by Gasteiger charge is 2.26. The molecule has 0 saturated heterocycles. The van der Waals surface area contributed by atoms with E-state index < -0.39 is 18.6 Å². The van der Waals surface area contributed by atoms with E-state index in [2.05, 4.69) is 15.6 Å². The van der Waals surface area contributed by atoms with Crippen molar-refractivity contribution in [2.45, 2.75) is 32.4 Å². The van der Waals surface area contributed by atoms with Crippen LogP contribution in [0.2, 0.25) is 0 Å². The molecule has 156 valence electrons. The molecule has 1 aromatic heterocycles. The summed E-state index contributed by atoms with van der Waals surface area (Å²) >= 11 is 0. The first-order valence-electron chi connectivity index (χ1n) is 8.69. The van der Waals surface area contributed by atoms with Gasteiger partial charge >= 0.3 is 0 Å². The Balaban J connectivity index is 0.00000392. The van der Waals surface area contributed by atoms with Gasteiger partial charge in [-0.2, -0.15) is 0 Å². The molecule has 0 bridgehead atoms. The summed E-state index contributed by atoms with van der Waals surface area (Å²) in [6.45, 7) is 4.10. The van der Waals surface area contributed by atoms with Gasteiger partial charge in [0.1, 0.15) is 23.7 Å². The van der Waals surface area contributed by atoms with Crippen LogP contribution < -0.4 is 15.4 Å². The monoisotopic (exact) mass is 509 g/mol. The summed E-state index contributed by atoms with van der Waals surface area (Å²) in [4.78, 5) is 4.45. The minimum Gasteiger partial charge on any atom is -0.488 e. The number of nitrogens with one attached hydrogen (secondary N) is 2. The van der Waals surface area contributed by atoms with E-state index in [0.717, 1.165) is 5.56 Å². The number of aliphatic hydroxyl groups is 1. The normalized spacial score (nSPS) is 13.6. The number of benzene rings is 1. The Morgan fingerprint density at radius 2 is 2.07 bits per heavy atom. The lowest BCUT2D eigenvalue weighted by Gasteiger charge is -2.22. The lowest BCUT2D eigenvalue weighted by atomic mass is 10.0. The van der Waals surface area contributed by atoms with E-state index in [1.807, 2.05) is 13.0 Å². The number of rotatable bonds is 9. The number of hydrogen-bond acceptors (Lipinski definition) is 4. The molecule has 2 rings (SSSR count). The van der Waals surface area contributed by atoms with Crippen molar-refractivity contribution in [2.75, 3.05) is 19.7 Å². The highest BCUT2D eigenvalue weighted by Crippen LogP contribution is 2.19. The number of halogens is 3. The lowest BCUT2D eigenvalue weighted by molar-refractivity contribution is 0.0386. The molecule has 28 heavy (non-hydrogen) atoms. The van der Waals surface area contributed by atoms with Gasteiger partial charge in [0, 0.05) is 6.54 Å². The number of alkyl halides is 2. The highest BCUT2D eigenvalue weighted by molar-refractivity contribution is 14.0. The van der Waals surface area contributed by atoms with E-state index in [-0.39, 0.29) is 30.5 Å². The van der Waals surface area contributed by atoms with Gasteiger partial charge in [-0.25, -0.2) is 13.8 Å². The number of guanidine groups is 1. The molecule has 0 fully saturated rings. The molecule has 0 amide bonds. The maximum atomic E-state index is 12.3. The molecule has 0 aliphatic rings. The molecule has 1 unspecified atom stereocenters. The fourth-order valence-electron chi connectivity index (χ4n) is 2.33. The van der Waals surface area contributed by atoms with Crippen LogP contribution in [0.25, 0.3) is 0 Å². The second-order valence-corrected chi connectivity index (χ2v) is 6.15. The van der Waals surface area contributed by atoms with Crippen LogP contribution in [0, 0.1) is 0 Å². The van der Waals surface area contributed by atoms with Gasteiger partial charge in [-0.1, -0.05) is 12.1 Å². The quantitative estimate of drug-likeness (QED) is 0.274. The van der Waals surface area contributed by atoms with Crippen LogP contribution in [0.3, 0.4) is 0 Å². The summed E-state index contributed by atoms with van der Waals surface area (Å²) in [6.07, 6.45) is -1.01. The molecule has 1 atom stereocenters. The van der Waals surface area contributed by atoms with E-state index in [1.54, 1.807) is 37.3 Å². The fourth-order valence-corrected chi connectivity index (χ4v) is 2.33. The third kappa shape index (κ3) is 8.01. The second kappa shape index (κ2) is 11.8. The van der Waals surface area contributed by atoms with Gasteiger partial charge in [0.25, 0.3) is 6.43 Å².